The Kier molecular flexibility index (Phi) is 2.45. The second-order valence-corrected chi connectivity index (χ2v) is 4.59. The highest BCUT2D eigenvalue weighted by Gasteiger charge is 2.18. The molecular weight excluding hydrogens is 168 g/mol. The molecule has 14 heavy (non-hydrogen) atoms. The van der Waals surface area contributed by atoms with E-state index in [1.54, 1.807) is 0 Å². The molecule has 2 atom stereocenters. The summed E-state index contributed by atoms with van der Waals surface area (Å²) in [7, 11) is 0. The Bertz CT molecular complexity index is 307. The van der Waals surface area contributed by atoms with Crippen LogP contribution in [-0.4, -0.2) is 0 Å². The zero-order valence-corrected chi connectivity index (χ0v) is 9.09. The molecule has 2 rings (SSSR count). The van der Waals surface area contributed by atoms with Crippen LogP contribution in [0.25, 0.3) is 0 Å². The van der Waals surface area contributed by atoms with E-state index in [9.17, 15) is 0 Å². The van der Waals surface area contributed by atoms with E-state index in [1.807, 2.05) is 0 Å². The summed E-state index contributed by atoms with van der Waals surface area (Å²) in [6.45, 7) is 8.59. The van der Waals surface area contributed by atoms with Gasteiger partial charge in [0.1, 0.15) is 0 Å². The lowest BCUT2D eigenvalue weighted by Gasteiger charge is -2.10. The van der Waals surface area contributed by atoms with Gasteiger partial charge in [0.15, 0.2) is 0 Å². The summed E-state index contributed by atoms with van der Waals surface area (Å²) in [5.41, 5.74) is 4.39. The van der Waals surface area contributed by atoms with E-state index in [0.717, 1.165) is 12.8 Å². The second kappa shape index (κ2) is 3.61. The van der Waals surface area contributed by atoms with Crippen molar-refractivity contribution in [3.8, 4) is 0 Å². The highest BCUT2D eigenvalue weighted by molar-refractivity contribution is 5.45. The van der Waals surface area contributed by atoms with Crippen molar-refractivity contribution >= 4 is 0 Å². The van der Waals surface area contributed by atoms with Gasteiger partial charge in [0.25, 0.3) is 0 Å². The van der Waals surface area contributed by atoms with E-state index in [-0.39, 0.29) is 0 Å². The minimum absolute atomic E-state index is 0.571. The van der Waals surface area contributed by atoms with E-state index in [1.165, 1.54) is 16.7 Å². The van der Waals surface area contributed by atoms with Gasteiger partial charge >= 0.3 is 0 Å². The molecule has 0 heteroatoms. The molecule has 0 aliphatic heterocycles. The highest BCUT2D eigenvalue weighted by Crippen LogP contribution is 2.36. The maximum absolute atomic E-state index is 4.09. The van der Waals surface area contributed by atoms with Crippen LogP contribution in [0.3, 0.4) is 0 Å². The summed E-state index contributed by atoms with van der Waals surface area (Å²) in [5, 5.41) is 0. The van der Waals surface area contributed by atoms with Gasteiger partial charge < -0.3 is 0 Å². The lowest BCUT2D eigenvalue weighted by atomic mass is 9.95. The Morgan fingerprint density at radius 3 is 1.86 bits per heavy atom. The highest BCUT2D eigenvalue weighted by atomic mass is 14.2. The normalized spacial score (nSPS) is 41.4. The maximum atomic E-state index is 4.09. The molecule has 0 heterocycles. The van der Waals surface area contributed by atoms with Crippen molar-refractivity contribution in [1.29, 1.82) is 0 Å². The van der Waals surface area contributed by atoms with E-state index < -0.39 is 0 Å². The van der Waals surface area contributed by atoms with Gasteiger partial charge in [0.2, 0.25) is 0 Å². The molecule has 0 N–H and O–H groups in total. The van der Waals surface area contributed by atoms with Gasteiger partial charge in [-0.1, -0.05) is 50.3 Å². The first-order valence-corrected chi connectivity index (χ1v) is 5.42. The summed E-state index contributed by atoms with van der Waals surface area (Å²) in [6, 6.07) is 0. The molecule has 1 saturated carbocycles. The summed E-state index contributed by atoms with van der Waals surface area (Å²) < 4.78 is 0. The largest absolute Gasteiger partial charge is 0.0992 e. The fourth-order valence-corrected chi connectivity index (χ4v) is 2.26. The Morgan fingerprint density at radius 1 is 1.00 bits per heavy atom. The molecule has 2 aliphatic rings. The van der Waals surface area contributed by atoms with Crippen LogP contribution in [0.5, 0.6) is 0 Å². The van der Waals surface area contributed by atoms with Crippen molar-refractivity contribution in [2.75, 3.05) is 0 Å². The Balaban J connectivity index is 2.38. The van der Waals surface area contributed by atoms with Gasteiger partial charge in [0.05, 0.1) is 0 Å². The third-order valence-electron chi connectivity index (χ3n) is 2.94. The molecule has 0 radical (unpaired) electrons. The zero-order valence-electron chi connectivity index (χ0n) is 9.09. The van der Waals surface area contributed by atoms with Crippen LogP contribution in [0.1, 0.15) is 26.7 Å². The van der Waals surface area contributed by atoms with Gasteiger partial charge in [0, 0.05) is 0 Å². The Labute approximate surface area is 86.7 Å². The third-order valence-corrected chi connectivity index (χ3v) is 2.94. The van der Waals surface area contributed by atoms with Gasteiger partial charge in [-0.05, 0) is 35.8 Å². The average Bonchev–Trinajstić information content (AvgIpc) is 2.41. The maximum Gasteiger partial charge on any atom is -0.00667 e. The van der Waals surface area contributed by atoms with Gasteiger partial charge in [-0.3, -0.25) is 0 Å². The summed E-state index contributed by atoms with van der Waals surface area (Å²) in [6.07, 6.45) is 11.5. The van der Waals surface area contributed by atoms with Crippen LogP contribution >= 0.6 is 0 Å². The van der Waals surface area contributed by atoms with Gasteiger partial charge in [-0.25, -0.2) is 0 Å². The molecule has 0 aromatic rings. The van der Waals surface area contributed by atoms with Crippen molar-refractivity contribution in [3.63, 3.8) is 0 Å². The monoisotopic (exact) mass is 186 g/mol. The van der Waals surface area contributed by atoms with E-state index in [0.29, 0.717) is 11.8 Å². The third kappa shape index (κ3) is 1.89. The quantitative estimate of drug-likeness (QED) is 0.501. The second-order valence-electron chi connectivity index (χ2n) is 4.59. The molecule has 2 unspecified atom stereocenters. The van der Waals surface area contributed by atoms with Crippen LogP contribution in [0, 0.1) is 11.8 Å². The number of hydrogen-bond acceptors (Lipinski definition) is 0. The number of allylic oxidation sites excluding steroid dienone is 7. The lowest BCUT2D eigenvalue weighted by molar-refractivity contribution is 0.856. The van der Waals surface area contributed by atoms with Crippen molar-refractivity contribution in [2.24, 2.45) is 11.8 Å². The van der Waals surface area contributed by atoms with Crippen LogP contribution in [-0.2, 0) is 0 Å². The fourth-order valence-electron chi connectivity index (χ4n) is 2.26. The number of fused-ring (bicyclic) bond motifs is 1. The van der Waals surface area contributed by atoms with Crippen LogP contribution in [0.2, 0.25) is 0 Å². The smallest absolute Gasteiger partial charge is 0.00667 e. The first-order chi connectivity index (χ1) is 6.65. The molecule has 2 aliphatic carbocycles. The van der Waals surface area contributed by atoms with E-state index in [4.69, 9.17) is 0 Å². The van der Waals surface area contributed by atoms with Crippen LogP contribution < -0.4 is 0 Å². The average molecular weight is 186 g/mol. The van der Waals surface area contributed by atoms with Crippen LogP contribution in [0.15, 0.2) is 47.6 Å². The van der Waals surface area contributed by atoms with E-state index in [2.05, 4.69) is 44.7 Å². The van der Waals surface area contributed by atoms with Crippen molar-refractivity contribution in [1.82, 2.24) is 0 Å². The first kappa shape index (κ1) is 9.51. The predicted molar refractivity (Wildman–Crippen MR) is 62.0 cm³/mol. The van der Waals surface area contributed by atoms with Crippen molar-refractivity contribution in [2.45, 2.75) is 26.7 Å². The number of hydrogen-bond donors (Lipinski definition) is 0. The molecule has 74 valence electrons. The lowest BCUT2D eigenvalue weighted by Crippen LogP contribution is -1.95. The minimum atomic E-state index is 0.571. The predicted octanol–water partition coefficient (Wildman–Crippen LogP) is 4.03. The summed E-state index contributed by atoms with van der Waals surface area (Å²) in [4.78, 5) is 0. The number of rotatable bonds is 0. The van der Waals surface area contributed by atoms with E-state index >= 15 is 0 Å². The minimum Gasteiger partial charge on any atom is -0.0992 e. The molecule has 0 aromatic heterocycles. The molecule has 0 saturated heterocycles. The zero-order chi connectivity index (χ0) is 10.1. The Morgan fingerprint density at radius 2 is 1.43 bits per heavy atom. The fraction of sp³-hybridized carbons (Fsp3) is 0.429. The Hall–Kier alpha value is -1.04. The summed E-state index contributed by atoms with van der Waals surface area (Å²) in [5.74, 6) is 1.14. The van der Waals surface area contributed by atoms with Gasteiger partial charge in [-0.15, -0.1) is 0 Å². The molecule has 0 nitrogen and oxygen atoms in total. The molecular formula is C14H18. The topological polar surface area (TPSA) is 0 Å². The molecule has 0 spiro atoms. The molecule has 0 aromatic carbocycles. The SMILES string of the molecule is C=C1CC2=C/C(C)/C=C\C(C)/C=C\2C1. The van der Waals surface area contributed by atoms with Gasteiger partial charge in [-0.2, -0.15) is 0 Å². The van der Waals surface area contributed by atoms with Crippen LogP contribution in [0.4, 0.5) is 0 Å². The molecule has 0 bridgehead atoms. The molecule has 0 amide bonds. The standard InChI is InChI=1S/C14H18/c1-10-4-5-11(2)7-14-9-12(3)8-13(14)6-10/h4-7,10-11H,3,8-9H2,1-2H3/b5-4-,13-6-,14-7-. The summed E-state index contributed by atoms with van der Waals surface area (Å²) >= 11 is 0. The van der Waals surface area contributed by atoms with Crippen molar-refractivity contribution < 1.29 is 0 Å². The molecule has 1 fully saturated rings. The first-order valence-electron chi connectivity index (χ1n) is 5.42. The van der Waals surface area contributed by atoms with Crippen molar-refractivity contribution in [3.05, 3.63) is 47.6 Å².